The number of rotatable bonds is 5. The molecule has 0 bridgehead atoms. The van der Waals surface area contributed by atoms with Gasteiger partial charge in [-0.1, -0.05) is 31.0 Å². The zero-order chi connectivity index (χ0) is 20.3. The number of aromatic nitrogens is 1. The quantitative estimate of drug-likeness (QED) is 0.609. The fourth-order valence-electron chi connectivity index (χ4n) is 4.45. The van der Waals surface area contributed by atoms with E-state index in [1.54, 1.807) is 4.90 Å². The molecule has 1 aromatic heterocycles. The van der Waals surface area contributed by atoms with Crippen molar-refractivity contribution in [3.05, 3.63) is 59.3 Å². The number of benzene rings is 1. The highest BCUT2D eigenvalue weighted by Crippen LogP contribution is 2.36. The lowest BCUT2D eigenvalue weighted by Gasteiger charge is -2.19. The van der Waals surface area contributed by atoms with Crippen LogP contribution in [0, 0.1) is 0 Å². The predicted molar refractivity (Wildman–Crippen MR) is 122 cm³/mol. The maximum absolute atomic E-state index is 13.3. The highest BCUT2D eigenvalue weighted by molar-refractivity contribution is 8.18. The van der Waals surface area contributed by atoms with Crippen molar-refractivity contribution < 1.29 is 9.53 Å². The summed E-state index contributed by atoms with van der Waals surface area (Å²) in [6.07, 6.45) is 13.6. The molecule has 6 heteroatoms. The molecule has 3 fully saturated rings. The van der Waals surface area contributed by atoms with Gasteiger partial charge in [-0.2, -0.15) is 0 Å². The van der Waals surface area contributed by atoms with E-state index in [2.05, 4.69) is 23.0 Å². The summed E-state index contributed by atoms with van der Waals surface area (Å²) in [7, 11) is 0. The number of hydrogen-bond donors (Lipinski definition) is 0. The van der Waals surface area contributed by atoms with Gasteiger partial charge < -0.3 is 9.30 Å². The zero-order valence-corrected chi connectivity index (χ0v) is 17.9. The Labute approximate surface area is 181 Å². The van der Waals surface area contributed by atoms with Gasteiger partial charge >= 0.3 is 0 Å². The molecule has 1 aromatic carbocycles. The van der Waals surface area contributed by atoms with Crippen LogP contribution < -0.4 is 0 Å². The van der Waals surface area contributed by atoms with E-state index in [1.807, 2.05) is 36.4 Å². The monoisotopic (exact) mass is 421 g/mol. The van der Waals surface area contributed by atoms with E-state index in [0.717, 1.165) is 40.8 Å². The largest absolute Gasteiger partial charge is 0.376 e. The van der Waals surface area contributed by atoms with Gasteiger partial charge in [0.1, 0.15) is 0 Å². The van der Waals surface area contributed by atoms with Crippen LogP contribution in [-0.2, 0) is 9.53 Å². The van der Waals surface area contributed by atoms with Crippen LogP contribution in [0.1, 0.15) is 50.1 Å². The van der Waals surface area contributed by atoms with E-state index in [-0.39, 0.29) is 12.0 Å². The Hall–Kier alpha value is -2.31. The summed E-state index contributed by atoms with van der Waals surface area (Å²) in [6, 6.07) is 12.5. The van der Waals surface area contributed by atoms with Crippen LogP contribution in [0.25, 0.3) is 6.08 Å². The van der Waals surface area contributed by atoms with Gasteiger partial charge in [-0.15, -0.1) is 0 Å². The number of ether oxygens (including phenoxy) is 1. The van der Waals surface area contributed by atoms with E-state index in [9.17, 15) is 4.79 Å². The van der Waals surface area contributed by atoms with Crippen molar-refractivity contribution in [1.82, 2.24) is 9.47 Å². The van der Waals surface area contributed by atoms with Crippen molar-refractivity contribution in [3.8, 4) is 0 Å². The Kier molecular flexibility index (Phi) is 5.77. The molecule has 3 aliphatic rings. The first-order valence-electron chi connectivity index (χ1n) is 10.9. The third kappa shape index (κ3) is 4.25. The Bertz CT molecular complexity index is 954. The fraction of sp³-hybridized carbons (Fsp3) is 0.417. The van der Waals surface area contributed by atoms with Crippen molar-refractivity contribution in [2.75, 3.05) is 13.2 Å². The number of aliphatic imine (C=N–C) groups is 1. The van der Waals surface area contributed by atoms with Gasteiger partial charge in [-0.25, -0.2) is 4.99 Å². The molecule has 3 heterocycles. The van der Waals surface area contributed by atoms with E-state index < -0.39 is 0 Å². The standard InChI is InChI=1S/C24H27N3O2S/c28-23-22(15-18-12-13-26(16-18)20-9-4-5-10-20)30-24(25-19-7-2-1-3-8-19)27(23)17-21-11-6-14-29-21/h1-3,7-8,12-13,15-16,20-21H,4-6,9-11,14,17H2/b22-15+,25-24?. The smallest absolute Gasteiger partial charge is 0.266 e. The molecule has 0 radical (unpaired) electrons. The van der Waals surface area contributed by atoms with E-state index in [4.69, 9.17) is 9.73 Å². The van der Waals surface area contributed by atoms with Crippen LogP contribution >= 0.6 is 11.8 Å². The molecule has 5 rings (SSSR count). The predicted octanol–water partition coefficient (Wildman–Crippen LogP) is 5.39. The van der Waals surface area contributed by atoms with Crippen molar-refractivity contribution in [2.24, 2.45) is 4.99 Å². The maximum atomic E-state index is 13.3. The molecule has 1 atom stereocenters. The molecule has 2 aliphatic heterocycles. The third-order valence-electron chi connectivity index (χ3n) is 6.06. The Morgan fingerprint density at radius 3 is 2.70 bits per heavy atom. The number of carbonyl (C=O) groups excluding carboxylic acids is 1. The summed E-state index contributed by atoms with van der Waals surface area (Å²) in [5, 5.41) is 0.739. The topological polar surface area (TPSA) is 46.8 Å². The average Bonchev–Trinajstić information content (AvgIpc) is 3.56. The number of nitrogens with zero attached hydrogens (tertiary/aromatic N) is 3. The van der Waals surface area contributed by atoms with Crippen LogP contribution in [-0.4, -0.2) is 39.8 Å². The maximum Gasteiger partial charge on any atom is 0.266 e. The first-order chi connectivity index (χ1) is 14.8. The van der Waals surface area contributed by atoms with Crippen LogP contribution in [0.15, 0.2) is 58.7 Å². The van der Waals surface area contributed by atoms with Crippen LogP contribution in [0.3, 0.4) is 0 Å². The lowest BCUT2D eigenvalue weighted by molar-refractivity contribution is -0.123. The number of para-hydroxylation sites is 1. The summed E-state index contributed by atoms with van der Waals surface area (Å²) in [4.78, 5) is 20.6. The van der Waals surface area contributed by atoms with Gasteiger partial charge in [-0.05, 0) is 67.3 Å². The molecule has 156 valence electrons. The van der Waals surface area contributed by atoms with Gasteiger partial charge in [0.2, 0.25) is 0 Å². The van der Waals surface area contributed by atoms with Gasteiger partial charge in [0.15, 0.2) is 5.17 Å². The number of amidine groups is 1. The molecule has 1 unspecified atom stereocenters. The first kappa shape index (κ1) is 19.6. The number of amides is 1. The van der Waals surface area contributed by atoms with Crippen LogP contribution in [0.2, 0.25) is 0 Å². The van der Waals surface area contributed by atoms with E-state index in [1.165, 1.54) is 37.4 Å². The lowest BCUT2D eigenvalue weighted by atomic mass is 10.2. The van der Waals surface area contributed by atoms with Gasteiger partial charge in [0.05, 0.1) is 23.2 Å². The Morgan fingerprint density at radius 1 is 1.10 bits per heavy atom. The number of thioether (sulfide) groups is 1. The molecule has 5 nitrogen and oxygen atoms in total. The second kappa shape index (κ2) is 8.82. The minimum Gasteiger partial charge on any atom is -0.376 e. The highest BCUT2D eigenvalue weighted by Gasteiger charge is 2.36. The summed E-state index contributed by atoms with van der Waals surface area (Å²) in [5.74, 6) is 0.0267. The third-order valence-corrected chi connectivity index (χ3v) is 7.07. The minimum absolute atomic E-state index is 0.0267. The molecule has 0 N–H and O–H groups in total. The van der Waals surface area contributed by atoms with Crippen molar-refractivity contribution in [3.63, 3.8) is 0 Å². The van der Waals surface area contributed by atoms with Crippen molar-refractivity contribution >= 4 is 34.6 Å². The minimum atomic E-state index is 0.0267. The van der Waals surface area contributed by atoms with Crippen LogP contribution in [0.4, 0.5) is 5.69 Å². The van der Waals surface area contributed by atoms with Crippen LogP contribution in [0.5, 0.6) is 0 Å². The normalized spacial score (nSPS) is 25.3. The Morgan fingerprint density at radius 2 is 1.93 bits per heavy atom. The molecule has 1 amide bonds. The van der Waals surface area contributed by atoms with Crippen molar-refractivity contribution in [2.45, 2.75) is 50.7 Å². The molecule has 1 saturated carbocycles. The molecular weight excluding hydrogens is 394 g/mol. The molecule has 0 spiro atoms. The zero-order valence-electron chi connectivity index (χ0n) is 17.1. The van der Waals surface area contributed by atoms with Gasteiger partial charge in [-0.3, -0.25) is 9.69 Å². The first-order valence-corrected chi connectivity index (χ1v) is 11.7. The molecule has 30 heavy (non-hydrogen) atoms. The SMILES string of the molecule is O=C1/C(=C\c2ccn(C3CCCC3)c2)SC(=Nc2ccccc2)N1CC1CCCO1. The van der Waals surface area contributed by atoms with E-state index in [0.29, 0.717) is 12.6 Å². The molecule has 2 saturated heterocycles. The van der Waals surface area contributed by atoms with Gasteiger partial charge in [0.25, 0.3) is 5.91 Å². The molecule has 1 aliphatic carbocycles. The fourth-order valence-corrected chi connectivity index (χ4v) is 5.46. The van der Waals surface area contributed by atoms with Crippen molar-refractivity contribution in [1.29, 1.82) is 0 Å². The summed E-state index contributed by atoms with van der Waals surface area (Å²) >= 11 is 1.46. The second-order valence-electron chi connectivity index (χ2n) is 8.22. The molecule has 2 aromatic rings. The summed E-state index contributed by atoms with van der Waals surface area (Å²) in [5.41, 5.74) is 1.94. The number of carbonyl (C=O) groups is 1. The summed E-state index contributed by atoms with van der Waals surface area (Å²) < 4.78 is 8.11. The second-order valence-corrected chi connectivity index (χ2v) is 9.23. The Balaban J connectivity index is 1.40. The lowest BCUT2D eigenvalue weighted by Crippen LogP contribution is -2.36. The highest BCUT2D eigenvalue weighted by atomic mass is 32.2. The summed E-state index contributed by atoms with van der Waals surface area (Å²) in [6.45, 7) is 1.35. The number of hydrogen-bond acceptors (Lipinski definition) is 4. The average molecular weight is 422 g/mol. The van der Waals surface area contributed by atoms with Gasteiger partial charge in [0, 0.05) is 25.0 Å². The molecular formula is C24H27N3O2S. The van der Waals surface area contributed by atoms with E-state index >= 15 is 0 Å².